The maximum atomic E-state index is 4.79. The molecule has 0 radical (unpaired) electrons. The van der Waals surface area contributed by atoms with Crippen LogP contribution in [0, 0.1) is 11.8 Å². The number of hydrogen-bond acceptors (Lipinski definition) is 3. The van der Waals surface area contributed by atoms with Gasteiger partial charge in [0.25, 0.3) is 0 Å². The van der Waals surface area contributed by atoms with Crippen LogP contribution in [0.3, 0.4) is 0 Å². The predicted octanol–water partition coefficient (Wildman–Crippen LogP) is 5.13. The van der Waals surface area contributed by atoms with Crippen molar-refractivity contribution in [1.82, 2.24) is 24.7 Å². The summed E-state index contributed by atoms with van der Waals surface area (Å²) in [7, 11) is 0. The average molecular weight is 349 g/mol. The highest BCUT2D eigenvalue weighted by atomic mass is 15.3. The van der Waals surface area contributed by atoms with Crippen LogP contribution < -0.4 is 0 Å². The lowest BCUT2D eigenvalue weighted by atomic mass is 9.93. The van der Waals surface area contributed by atoms with Crippen LogP contribution in [0.4, 0.5) is 0 Å². The summed E-state index contributed by atoms with van der Waals surface area (Å²) in [4.78, 5) is 12.0. The van der Waals surface area contributed by atoms with E-state index in [0.29, 0.717) is 6.04 Å². The van der Waals surface area contributed by atoms with E-state index in [1.54, 1.807) is 6.33 Å². The second-order valence-corrected chi connectivity index (χ2v) is 8.16. The van der Waals surface area contributed by atoms with Crippen LogP contribution in [0.1, 0.15) is 63.8 Å². The smallest absolute Gasteiger partial charge is 0.141 e. The van der Waals surface area contributed by atoms with Crippen molar-refractivity contribution in [3.8, 4) is 11.3 Å². The lowest BCUT2D eigenvalue weighted by molar-refractivity contribution is 0.283. The van der Waals surface area contributed by atoms with E-state index < -0.39 is 0 Å². The number of H-pyrrole nitrogens is 1. The van der Waals surface area contributed by atoms with E-state index in [4.69, 9.17) is 5.10 Å². The monoisotopic (exact) mass is 349 g/mol. The predicted molar refractivity (Wildman–Crippen MR) is 103 cm³/mol. The Hall–Kier alpha value is -2.17. The molecular formula is C21H27N5. The summed E-state index contributed by atoms with van der Waals surface area (Å²) in [5.74, 6) is 1.81. The molecular weight excluding hydrogens is 322 g/mol. The van der Waals surface area contributed by atoms with Gasteiger partial charge in [0.2, 0.25) is 0 Å². The highest BCUT2D eigenvalue weighted by Crippen LogP contribution is 2.40. The Bertz CT molecular complexity index is 869. The van der Waals surface area contributed by atoms with Gasteiger partial charge in [-0.2, -0.15) is 5.10 Å². The number of aromatic amines is 1. The van der Waals surface area contributed by atoms with Gasteiger partial charge in [0.05, 0.1) is 17.9 Å². The molecule has 0 aromatic carbocycles. The van der Waals surface area contributed by atoms with Crippen LogP contribution in [-0.4, -0.2) is 24.7 Å². The molecule has 5 nitrogen and oxygen atoms in total. The fourth-order valence-electron chi connectivity index (χ4n) is 4.69. The molecule has 0 spiro atoms. The summed E-state index contributed by atoms with van der Waals surface area (Å²) in [6.45, 7) is 0. The van der Waals surface area contributed by atoms with Gasteiger partial charge in [0.1, 0.15) is 12.0 Å². The van der Waals surface area contributed by atoms with Gasteiger partial charge >= 0.3 is 0 Å². The van der Waals surface area contributed by atoms with Gasteiger partial charge in [-0.3, -0.25) is 4.68 Å². The molecule has 3 aromatic rings. The molecule has 0 bridgehead atoms. The number of fused-ring (bicyclic) bond motifs is 1. The first-order chi connectivity index (χ1) is 12.9. The number of aromatic nitrogens is 5. The molecule has 1 unspecified atom stereocenters. The number of nitrogens with zero attached hydrogens (tertiary/aromatic N) is 4. The van der Waals surface area contributed by atoms with E-state index in [1.165, 1.54) is 57.8 Å². The van der Waals surface area contributed by atoms with E-state index in [2.05, 4.69) is 25.8 Å². The van der Waals surface area contributed by atoms with Crippen molar-refractivity contribution in [1.29, 1.82) is 0 Å². The number of rotatable bonds is 7. The molecule has 5 heteroatoms. The van der Waals surface area contributed by atoms with Crippen LogP contribution in [0.2, 0.25) is 0 Å². The maximum absolute atomic E-state index is 4.79. The van der Waals surface area contributed by atoms with Crippen molar-refractivity contribution < 1.29 is 0 Å². The first kappa shape index (κ1) is 16.0. The maximum Gasteiger partial charge on any atom is 0.141 e. The van der Waals surface area contributed by atoms with Crippen LogP contribution in [0.5, 0.6) is 0 Å². The Morgan fingerprint density at radius 1 is 1.15 bits per heavy atom. The molecule has 0 aliphatic heterocycles. The van der Waals surface area contributed by atoms with Gasteiger partial charge in [-0.25, -0.2) is 9.97 Å². The number of nitrogens with one attached hydrogen (secondary N) is 1. The summed E-state index contributed by atoms with van der Waals surface area (Å²) in [6.07, 6.45) is 20.2. The van der Waals surface area contributed by atoms with Crippen LogP contribution in [-0.2, 0) is 0 Å². The lowest BCUT2D eigenvalue weighted by Gasteiger charge is -2.24. The third-order valence-corrected chi connectivity index (χ3v) is 6.32. The first-order valence-corrected chi connectivity index (χ1v) is 10.2. The molecule has 2 fully saturated rings. The topological polar surface area (TPSA) is 59.4 Å². The minimum atomic E-state index is 0.550. The summed E-state index contributed by atoms with van der Waals surface area (Å²) >= 11 is 0. The van der Waals surface area contributed by atoms with Crippen molar-refractivity contribution in [2.24, 2.45) is 11.8 Å². The Morgan fingerprint density at radius 2 is 2.04 bits per heavy atom. The Labute approximate surface area is 154 Å². The van der Waals surface area contributed by atoms with Gasteiger partial charge in [0, 0.05) is 23.3 Å². The standard InChI is InChI=1S/C21H27N5/c1-2-6-16(5-1)19(7-3-4-15-8-9-15)26-13-17(12-25-26)20-18-10-11-22-21(18)24-14-23-20/h10-16,19H,1-9H2,(H,22,23,24). The van der Waals surface area contributed by atoms with Crippen molar-refractivity contribution in [2.45, 2.75) is 63.8 Å². The highest BCUT2D eigenvalue weighted by Gasteiger charge is 2.28. The van der Waals surface area contributed by atoms with Crippen molar-refractivity contribution in [3.63, 3.8) is 0 Å². The van der Waals surface area contributed by atoms with E-state index in [1.807, 2.05) is 18.5 Å². The van der Waals surface area contributed by atoms with Crippen molar-refractivity contribution >= 4 is 11.0 Å². The number of hydrogen-bond donors (Lipinski definition) is 1. The zero-order valence-corrected chi connectivity index (χ0v) is 15.3. The van der Waals surface area contributed by atoms with Gasteiger partial charge in [-0.15, -0.1) is 0 Å². The van der Waals surface area contributed by atoms with Crippen LogP contribution in [0.25, 0.3) is 22.3 Å². The van der Waals surface area contributed by atoms with Crippen molar-refractivity contribution in [3.05, 3.63) is 31.0 Å². The fourth-order valence-corrected chi connectivity index (χ4v) is 4.69. The molecule has 3 aromatic heterocycles. The fraction of sp³-hybridized carbons (Fsp3) is 0.571. The largest absolute Gasteiger partial charge is 0.346 e. The quantitative estimate of drug-likeness (QED) is 0.643. The molecule has 2 aliphatic carbocycles. The van der Waals surface area contributed by atoms with Gasteiger partial charge < -0.3 is 4.98 Å². The summed E-state index contributed by atoms with van der Waals surface area (Å²) < 4.78 is 2.25. The normalized spacial score (nSPS) is 19.4. The minimum Gasteiger partial charge on any atom is -0.346 e. The molecule has 2 aliphatic rings. The molecule has 1 atom stereocenters. The molecule has 0 amide bonds. The Kier molecular flexibility index (Phi) is 4.23. The molecule has 1 N–H and O–H groups in total. The Balaban J connectivity index is 1.40. The first-order valence-electron chi connectivity index (χ1n) is 10.2. The van der Waals surface area contributed by atoms with E-state index in [0.717, 1.165) is 34.1 Å². The zero-order chi connectivity index (χ0) is 17.3. The Morgan fingerprint density at radius 3 is 2.88 bits per heavy atom. The second-order valence-electron chi connectivity index (χ2n) is 8.16. The molecule has 26 heavy (non-hydrogen) atoms. The van der Waals surface area contributed by atoms with Gasteiger partial charge in [-0.05, 0) is 37.2 Å². The summed E-state index contributed by atoms with van der Waals surface area (Å²) in [6, 6.07) is 2.60. The third-order valence-electron chi connectivity index (χ3n) is 6.32. The van der Waals surface area contributed by atoms with Crippen LogP contribution in [0.15, 0.2) is 31.0 Å². The second kappa shape index (κ2) is 6.86. The van der Waals surface area contributed by atoms with Gasteiger partial charge in [-0.1, -0.05) is 38.5 Å². The summed E-state index contributed by atoms with van der Waals surface area (Å²) in [5, 5.41) is 5.86. The molecule has 3 heterocycles. The molecule has 0 saturated heterocycles. The van der Waals surface area contributed by atoms with E-state index in [9.17, 15) is 0 Å². The van der Waals surface area contributed by atoms with Crippen LogP contribution >= 0.6 is 0 Å². The SMILES string of the molecule is c1nc(-c2cnn(C(CCCC3CC3)C3CCCC3)c2)c2cc[nH]c2n1. The minimum absolute atomic E-state index is 0.550. The van der Waals surface area contributed by atoms with Gasteiger partial charge in [0.15, 0.2) is 0 Å². The molecule has 5 rings (SSSR count). The average Bonchev–Trinajstić information content (AvgIpc) is 3.13. The summed E-state index contributed by atoms with van der Waals surface area (Å²) in [5.41, 5.74) is 2.97. The third kappa shape index (κ3) is 3.15. The lowest BCUT2D eigenvalue weighted by Crippen LogP contribution is -2.18. The van der Waals surface area contributed by atoms with E-state index in [-0.39, 0.29) is 0 Å². The van der Waals surface area contributed by atoms with Crippen molar-refractivity contribution in [2.75, 3.05) is 0 Å². The zero-order valence-electron chi connectivity index (χ0n) is 15.3. The highest BCUT2D eigenvalue weighted by molar-refractivity contribution is 5.89. The molecule has 136 valence electrons. The molecule has 2 saturated carbocycles. The van der Waals surface area contributed by atoms with E-state index >= 15 is 0 Å².